The van der Waals surface area contributed by atoms with Gasteiger partial charge in [0.05, 0.1) is 44.5 Å². The van der Waals surface area contributed by atoms with E-state index in [1.54, 1.807) is 0 Å². The summed E-state index contributed by atoms with van der Waals surface area (Å²) in [6.07, 6.45) is 0. The number of para-hydroxylation sites is 6. The molecule has 0 aliphatic rings. The third-order valence-corrected chi connectivity index (χ3v) is 13.7. The summed E-state index contributed by atoms with van der Waals surface area (Å²) in [6, 6.07) is 86.1. The van der Waals surface area contributed by atoms with E-state index in [0.717, 1.165) is 122 Å². The van der Waals surface area contributed by atoms with Crippen LogP contribution in [0.1, 0.15) is 0 Å². The molecule has 69 heavy (non-hydrogen) atoms. The summed E-state index contributed by atoms with van der Waals surface area (Å²) < 4.78 is 7.21. The number of pyridine rings is 1. The van der Waals surface area contributed by atoms with Crippen molar-refractivity contribution in [2.75, 3.05) is 0 Å². The minimum atomic E-state index is 0.632. The first-order chi connectivity index (χ1) is 34.3. The summed E-state index contributed by atoms with van der Waals surface area (Å²) in [6.45, 7) is 0. The molecule has 0 atom stereocenters. The predicted octanol–water partition coefficient (Wildman–Crippen LogP) is 15.8. The Bertz CT molecular complexity index is 4080. The van der Waals surface area contributed by atoms with Gasteiger partial charge in [0.1, 0.15) is 11.5 Å². The van der Waals surface area contributed by atoms with Crippen LogP contribution in [-0.2, 0) is 0 Å². The fraction of sp³-hybridized carbons (Fsp3) is 0. The van der Waals surface area contributed by atoms with E-state index >= 15 is 0 Å². The van der Waals surface area contributed by atoms with Crippen molar-refractivity contribution in [2.24, 2.45) is 0 Å². The van der Waals surface area contributed by atoms with Gasteiger partial charge in [0.25, 0.3) is 0 Å². The van der Waals surface area contributed by atoms with Gasteiger partial charge < -0.3 is 4.57 Å². The summed E-state index contributed by atoms with van der Waals surface area (Å²) in [7, 11) is 0. The van der Waals surface area contributed by atoms with Gasteiger partial charge in [-0.2, -0.15) is 0 Å². The second-order valence-electron chi connectivity index (χ2n) is 17.5. The fourth-order valence-corrected chi connectivity index (χ4v) is 10.7. The lowest BCUT2D eigenvalue weighted by Crippen LogP contribution is -2.14. The second kappa shape index (κ2) is 15.6. The summed E-state index contributed by atoms with van der Waals surface area (Å²) in [5.74, 6) is 2.19. The largest absolute Gasteiger partial charge is 0.305 e. The van der Waals surface area contributed by atoms with Crippen molar-refractivity contribution in [2.45, 2.75) is 0 Å². The van der Waals surface area contributed by atoms with E-state index < -0.39 is 0 Å². The van der Waals surface area contributed by atoms with Crippen LogP contribution in [-0.4, -0.2) is 28.7 Å². The number of rotatable bonds is 7. The molecule has 0 saturated heterocycles. The summed E-state index contributed by atoms with van der Waals surface area (Å²) in [5, 5.41) is 6.90. The Hall–Kier alpha value is -9.39. The first-order valence-electron chi connectivity index (χ1n) is 23.4. The molecule has 14 aromatic rings. The van der Waals surface area contributed by atoms with Gasteiger partial charge >= 0.3 is 0 Å². The molecule has 0 N–H and O–H groups in total. The van der Waals surface area contributed by atoms with Crippen LogP contribution in [0.3, 0.4) is 0 Å². The lowest BCUT2D eigenvalue weighted by atomic mass is 9.94. The van der Waals surface area contributed by atoms with Crippen LogP contribution in [0.4, 0.5) is 0 Å². The van der Waals surface area contributed by atoms with Crippen LogP contribution in [0.25, 0.3) is 128 Å². The van der Waals surface area contributed by atoms with Gasteiger partial charge in [-0.1, -0.05) is 200 Å². The molecule has 0 fully saturated rings. The van der Waals surface area contributed by atoms with Gasteiger partial charge in [-0.05, 0) is 48.0 Å². The van der Waals surface area contributed by atoms with E-state index in [0.29, 0.717) is 5.82 Å². The Morgan fingerprint density at radius 2 is 0.580 bits per heavy atom. The molecule has 322 valence electrons. The van der Waals surface area contributed by atoms with Crippen molar-refractivity contribution in [3.63, 3.8) is 0 Å². The molecule has 0 amide bonds. The van der Waals surface area contributed by atoms with Crippen LogP contribution < -0.4 is 0 Å². The van der Waals surface area contributed by atoms with Gasteiger partial charge in [-0.25, -0.2) is 15.0 Å². The SMILES string of the molecule is c1ccc(-c2cc(-c3c(-c4ccccc4)c(-n4c5ccccc5c5ccccc54)nc(-n4c5ccccc5c5ccccc54)c3-n3c4ccccc4c4ccccc43)nc(-c3ccccc3)n2)cc1. The topological polar surface area (TPSA) is 53.5 Å². The number of aromatic nitrogens is 6. The van der Waals surface area contributed by atoms with Crippen LogP contribution in [0.15, 0.2) is 243 Å². The predicted molar refractivity (Wildman–Crippen MR) is 285 cm³/mol. The van der Waals surface area contributed by atoms with E-state index in [-0.39, 0.29) is 0 Å². The minimum Gasteiger partial charge on any atom is -0.305 e. The highest BCUT2D eigenvalue weighted by atomic mass is 15.2. The zero-order valence-electron chi connectivity index (χ0n) is 37.3. The number of benzene rings is 9. The van der Waals surface area contributed by atoms with Crippen LogP contribution in [0, 0.1) is 0 Å². The van der Waals surface area contributed by atoms with E-state index in [4.69, 9.17) is 15.0 Å². The molecule has 5 aromatic heterocycles. The maximum absolute atomic E-state index is 6.21. The lowest BCUT2D eigenvalue weighted by molar-refractivity contribution is 0.984. The third kappa shape index (κ3) is 6.02. The molecule has 6 nitrogen and oxygen atoms in total. The number of hydrogen-bond donors (Lipinski definition) is 0. The molecule has 0 unspecified atom stereocenters. The summed E-state index contributed by atoms with van der Waals surface area (Å²) >= 11 is 0. The van der Waals surface area contributed by atoms with E-state index in [1.165, 1.54) is 0 Å². The number of hydrogen-bond acceptors (Lipinski definition) is 3. The Kier molecular flexibility index (Phi) is 8.79. The minimum absolute atomic E-state index is 0.632. The van der Waals surface area contributed by atoms with Crippen molar-refractivity contribution < 1.29 is 0 Å². The molecule has 0 bridgehead atoms. The van der Waals surface area contributed by atoms with Crippen molar-refractivity contribution in [1.29, 1.82) is 0 Å². The molecule has 0 aliphatic carbocycles. The Balaban J connectivity index is 1.29. The van der Waals surface area contributed by atoms with E-state index in [2.05, 4.69) is 250 Å². The maximum Gasteiger partial charge on any atom is 0.165 e. The first kappa shape index (κ1) is 38.8. The number of nitrogens with zero attached hydrogens (tertiary/aromatic N) is 6. The smallest absolute Gasteiger partial charge is 0.165 e. The Morgan fingerprint density at radius 1 is 0.246 bits per heavy atom. The highest BCUT2D eigenvalue weighted by Gasteiger charge is 2.32. The molecule has 0 spiro atoms. The van der Waals surface area contributed by atoms with Gasteiger partial charge in [-0.15, -0.1) is 0 Å². The zero-order valence-corrected chi connectivity index (χ0v) is 37.3. The highest BCUT2D eigenvalue weighted by molar-refractivity contribution is 6.14. The lowest BCUT2D eigenvalue weighted by Gasteiger charge is -2.26. The van der Waals surface area contributed by atoms with Gasteiger partial charge in [0.15, 0.2) is 11.6 Å². The quantitative estimate of drug-likeness (QED) is 0.160. The molecule has 9 aromatic carbocycles. The highest BCUT2D eigenvalue weighted by Crippen LogP contribution is 2.49. The molecular weight excluding hydrogens is 841 g/mol. The normalized spacial score (nSPS) is 11.8. The van der Waals surface area contributed by atoms with E-state index in [1.807, 2.05) is 6.07 Å². The molecule has 5 heterocycles. The number of fused-ring (bicyclic) bond motifs is 9. The van der Waals surface area contributed by atoms with E-state index in [9.17, 15) is 0 Å². The molecule has 14 rings (SSSR count). The first-order valence-corrected chi connectivity index (χ1v) is 23.4. The van der Waals surface area contributed by atoms with Crippen molar-refractivity contribution >= 4 is 65.4 Å². The molecule has 6 heteroatoms. The maximum atomic E-state index is 6.21. The molecule has 0 radical (unpaired) electrons. The zero-order chi connectivity index (χ0) is 45.4. The molecule has 0 aliphatic heterocycles. The summed E-state index contributed by atoms with van der Waals surface area (Å²) in [5.41, 5.74) is 13.6. The molecule has 0 saturated carbocycles. The van der Waals surface area contributed by atoms with Crippen LogP contribution >= 0.6 is 0 Å². The van der Waals surface area contributed by atoms with Gasteiger partial charge in [-0.3, -0.25) is 9.13 Å². The van der Waals surface area contributed by atoms with Gasteiger partial charge in [0, 0.05) is 54.6 Å². The fourth-order valence-electron chi connectivity index (χ4n) is 10.7. The second-order valence-corrected chi connectivity index (χ2v) is 17.5. The average molecular weight is 881 g/mol. The van der Waals surface area contributed by atoms with Crippen molar-refractivity contribution in [3.05, 3.63) is 243 Å². The van der Waals surface area contributed by atoms with Crippen molar-refractivity contribution in [1.82, 2.24) is 28.7 Å². The third-order valence-electron chi connectivity index (χ3n) is 13.7. The summed E-state index contributed by atoms with van der Waals surface area (Å²) in [4.78, 5) is 17.3. The Labute approximate surface area is 397 Å². The average Bonchev–Trinajstić information content (AvgIpc) is 4.07. The Morgan fingerprint density at radius 3 is 1.01 bits per heavy atom. The van der Waals surface area contributed by atoms with Gasteiger partial charge in [0.2, 0.25) is 0 Å². The molecular formula is C63H40N6. The standard InChI is InChI=1S/C63H40N6/c1-4-22-41(23-5-1)50-40-51(65-61(64-50)43-26-8-3-9-27-43)59-58(42-24-6-2-7-25-42)62(68-54-36-18-12-30-46(54)47-31-13-19-37-55(47)68)66-63(69-56-38-20-14-32-48(56)49-33-15-21-39-57(49)69)60(59)67-52-34-16-10-28-44(52)45-29-11-17-35-53(45)67/h1-40H. The van der Waals surface area contributed by atoms with Crippen LogP contribution in [0.2, 0.25) is 0 Å². The monoisotopic (exact) mass is 880 g/mol. The van der Waals surface area contributed by atoms with Crippen molar-refractivity contribution in [3.8, 4) is 62.4 Å². The van der Waals surface area contributed by atoms with Crippen LogP contribution in [0.5, 0.6) is 0 Å².